The molecule has 1 aromatic heterocycles. The lowest BCUT2D eigenvalue weighted by Gasteiger charge is -2.36. The van der Waals surface area contributed by atoms with E-state index in [0.29, 0.717) is 12.5 Å². The first kappa shape index (κ1) is 13.3. The zero-order valence-electron chi connectivity index (χ0n) is 10.9. The number of nitrogens with one attached hydrogen (secondary N) is 1. The Kier molecular flexibility index (Phi) is 3.68. The predicted molar refractivity (Wildman–Crippen MR) is 66.5 cm³/mol. The summed E-state index contributed by atoms with van der Waals surface area (Å²) < 4.78 is 1.42. The maximum absolute atomic E-state index is 12.1. The van der Waals surface area contributed by atoms with Gasteiger partial charge in [-0.3, -0.25) is 5.32 Å². The number of piperidine rings is 1. The summed E-state index contributed by atoms with van der Waals surface area (Å²) in [5, 5.41) is 15.7. The van der Waals surface area contributed by atoms with E-state index in [4.69, 9.17) is 0 Å². The lowest BCUT2D eigenvalue weighted by atomic mass is 9.91. The molecule has 0 bridgehead atoms. The largest absolute Gasteiger partial charge is 0.480 e. The van der Waals surface area contributed by atoms with Crippen LogP contribution in [0.1, 0.15) is 19.8 Å². The van der Waals surface area contributed by atoms with Gasteiger partial charge in [-0.05, 0) is 18.8 Å². The van der Waals surface area contributed by atoms with Crippen molar-refractivity contribution >= 4 is 17.9 Å². The molecular weight excluding hydrogens is 250 g/mol. The van der Waals surface area contributed by atoms with Gasteiger partial charge >= 0.3 is 12.0 Å². The van der Waals surface area contributed by atoms with E-state index in [1.165, 1.54) is 15.9 Å². The highest BCUT2D eigenvalue weighted by Gasteiger charge is 2.37. The van der Waals surface area contributed by atoms with E-state index < -0.39 is 18.0 Å². The Hall–Kier alpha value is -2.12. The zero-order valence-corrected chi connectivity index (χ0v) is 10.9. The Balaban J connectivity index is 2.12. The van der Waals surface area contributed by atoms with Crippen molar-refractivity contribution in [1.29, 1.82) is 0 Å². The number of anilines is 1. The zero-order chi connectivity index (χ0) is 14.0. The predicted octanol–water partition coefficient (Wildman–Crippen LogP) is 0.532. The molecule has 1 aliphatic heterocycles. The van der Waals surface area contributed by atoms with Crippen molar-refractivity contribution < 1.29 is 14.7 Å². The average Bonchev–Trinajstić information content (AvgIpc) is 2.74. The highest BCUT2D eigenvalue weighted by molar-refractivity contribution is 5.91. The molecule has 2 N–H and O–H groups in total. The molecule has 1 saturated heterocycles. The summed E-state index contributed by atoms with van der Waals surface area (Å²) in [6.45, 7) is 2.28. The first-order valence-electron chi connectivity index (χ1n) is 6.15. The number of aliphatic carboxylic acids is 1. The molecule has 2 rings (SSSR count). The van der Waals surface area contributed by atoms with Gasteiger partial charge in [0.1, 0.15) is 12.4 Å². The number of urea groups is 1. The van der Waals surface area contributed by atoms with Crippen LogP contribution < -0.4 is 5.32 Å². The Labute approximate surface area is 110 Å². The van der Waals surface area contributed by atoms with Crippen LogP contribution in [0.15, 0.2) is 6.33 Å². The van der Waals surface area contributed by atoms with E-state index in [1.54, 1.807) is 7.05 Å². The molecule has 2 unspecified atom stereocenters. The smallest absolute Gasteiger partial charge is 0.326 e. The van der Waals surface area contributed by atoms with E-state index in [0.717, 1.165) is 12.8 Å². The molecule has 2 atom stereocenters. The maximum Gasteiger partial charge on any atom is 0.326 e. The molecule has 2 amide bonds. The van der Waals surface area contributed by atoms with Crippen molar-refractivity contribution in [2.24, 2.45) is 13.0 Å². The van der Waals surface area contributed by atoms with Gasteiger partial charge in [0.2, 0.25) is 5.95 Å². The fourth-order valence-corrected chi connectivity index (χ4v) is 2.37. The van der Waals surface area contributed by atoms with Crippen LogP contribution in [-0.2, 0) is 11.8 Å². The summed E-state index contributed by atoms with van der Waals surface area (Å²) >= 11 is 0. The van der Waals surface area contributed by atoms with E-state index in [2.05, 4.69) is 15.4 Å². The van der Waals surface area contributed by atoms with E-state index >= 15 is 0 Å². The van der Waals surface area contributed by atoms with Crippen LogP contribution in [0, 0.1) is 5.92 Å². The normalized spacial score (nSPS) is 23.2. The van der Waals surface area contributed by atoms with E-state index in [9.17, 15) is 14.7 Å². The molecule has 0 spiro atoms. The number of carbonyl (C=O) groups excluding carboxylic acids is 1. The Morgan fingerprint density at radius 1 is 1.53 bits per heavy atom. The van der Waals surface area contributed by atoms with Gasteiger partial charge in [-0.25, -0.2) is 14.3 Å². The Morgan fingerprint density at radius 2 is 2.26 bits per heavy atom. The van der Waals surface area contributed by atoms with Gasteiger partial charge in [0.25, 0.3) is 0 Å². The lowest BCUT2D eigenvalue weighted by Crippen LogP contribution is -2.53. The van der Waals surface area contributed by atoms with E-state index in [-0.39, 0.29) is 5.92 Å². The van der Waals surface area contributed by atoms with Crippen molar-refractivity contribution in [2.75, 3.05) is 11.9 Å². The average molecular weight is 267 g/mol. The van der Waals surface area contributed by atoms with Crippen molar-refractivity contribution in [3.05, 3.63) is 6.33 Å². The highest BCUT2D eigenvalue weighted by Crippen LogP contribution is 2.24. The quantitative estimate of drug-likeness (QED) is 0.814. The van der Waals surface area contributed by atoms with Crippen LogP contribution in [0.5, 0.6) is 0 Å². The van der Waals surface area contributed by atoms with Crippen molar-refractivity contribution in [3.8, 4) is 0 Å². The molecule has 1 aliphatic rings. The lowest BCUT2D eigenvalue weighted by molar-refractivity contribution is -0.145. The summed E-state index contributed by atoms with van der Waals surface area (Å²) in [4.78, 5) is 28.7. The topological polar surface area (TPSA) is 100 Å². The Bertz CT molecular complexity index is 486. The van der Waals surface area contributed by atoms with Gasteiger partial charge in [-0.2, -0.15) is 10.1 Å². The molecule has 1 fully saturated rings. The van der Waals surface area contributed by atoms with Gasteiger partial charge in [0.15, 0.2) is 0 Å². The molecule has 104 valence electrons. The number of hydrogen-bond donors (Lipinski definition) is 2. The van der Waals surface area contributed by atoms with Crippen LogP contribution in [0.2, 0.25) is 0 Å². The summed E-state index contributed by atoms with van der Waals surface area (Å²) in [7, 11) is 1.65. The standard InChI is InChI=1S/C11H17N5O3/c1-7-4-3-5-16(8(7)9(17)18)11(19)14-10-12-6-13-15(10)2/h6-8H,3-5H2,1-2H3,(H,17,18)(H,12,13,14,19). The van der Waals surface area contributed by atoms with Gasteiger partial charge in [-0.15, -0.1) is 0 Å². The number of hydrogen-bond acceptors (Lipinski definition) is 4. The van der Waals surface area contributed by atoms with Crippen LogP contribution in [0.4, 0.5) is 10.7 Å². The molecule has 0 radical (unpaired) electrons. The third kappa shape index (κ3) is 2.67. The number of carboxylic acid groups (broad SMARTS) is 1. The maximum atomic E-state index is 12.1. The molecule has 0 saturated carbocycles. The van der Waals surface area contributed by atoms with E-state index in [1.807, 2.05) is 6.92 Å². The fraction of sp³-hybridized carbons (Fsp3) is 0.636. The first-order valence-corrected chi connectivity index (χ1v) is 6.15. The van der Waals surface area contributed by atoms with Crippen LogP contribution in [0.25, 0.3) is 0 Å². The second-order valence-electron chi connectivity index (χ2n) is 4.73. The number of aryl methyl sites for hydroxylation is 1. The number of aromatic nitrogens is 3. The third-order valence-corrected chi connectivity index (χ3v) is 3.38. The summed E-state index contributed by atoms with van der Waals surface area (Å²) in [5.41, 5.74) is 0. The number of amides is 2. The van der Waals surface area contributed by atoms with Gasteiger partial charge < -0.3 is 10.0 Å². The minimum absolute atomic E-state index is 0.0588. The molecule has 8 heteroatoms. The molecule has 2 heterocycles. The minimum Gasteiger partial charge on any atom is -0.480 e. The minimum atomic E-state index is -0.972. The summed E-state index contributed by atoms with van der Waals surface area (Å²) in [6.07, 6.45) is 2.94. The second-order valence-corrected chi connectivity index (χ2v) is 4.73. The SMILES string of the molecule is CC1CCCN(C(=O)Nc2ncnn2C)C1C(=O)O. The number of rotatable bonds is 2. The molecule has 19 heavy (non-hydrogen) atoms. The third-order valence-electron chi connectivity index (χ3n) is 3.38. The van der Waals surface area contributed by atoms with Crippen LogP contribution >= 0.6 is 0 Å². The molecule has 0 aromatic carbocycles. The van der Waals surface area contributed by atoms with Crippen molar-refractivity contribution in [3.63, 3.8) is 0 Å². The Morgan fingerprint density at radius 3 is 2.84 bits per heavy atom. The van der Waals surface area contributed by atoms with Crippen molar-refractivity contribution in [1.82, 2.24) is 19.7 Å². The highest BCUT2D eigenvalue weighted by atomic mass is 16.4. The van der Waals surface area contributed by atoms with Crippen molar-refractivity contribution in [2.45, 2.75) is 25.8 Å². The van der Waals surface area contributed by atoms with Gasteiger partial charge in [-0.1, -0.05) is 6.92 Å². The summed E-state index contributed by atoms with van der Waals surface area (Å²) in [5.74, 6) is -0.732. The van der Waals surface area contributed by atoms with Crippen LogP contribution in [0.3, 0.4) is 0 Å². The number of carbonyl (C=O) groups is 2. The first-order chi connectivity index (χ1) is 9.00. The monoisotopic (exact) mass is 267 g/mol. The fourth-order valence-electron chi connectivity index (χ4n) is 2.37. The molecular formula is C11H17N5O3. The molecule has 0 aliphatic carbocycles. The van der Waals surface area contributed by atoms with Gasteiger partial charge in [0, 0.05) is 13.6 Å². The van der Waals surface area contributed by atoms with Gasteiger partial charge in [0.05, 0.1) is 0 Å². The number of carboxylic acids is 1. The summed E-state index contributed by atoms with van der Waals surface area (Å²) in [6, 6.07) is -1.24. The molecule has 1 aromatic rings. The molecule has 8 nitrogen and oxygen atoms in total. The number of likely N-dealkylation sites (tertiary alicyclic amines) is 1. The van der Waals surface area contributed by atoms with Crippen LogP contribution in [-0.4, -0.2) is 49.4 Å². The second kappa shape index (κ2) is 5.25. The number of nitrogens with zero attached hydrogens (tertiary/aromatic N) is 4.